The predicted molar refractivity (Wildman–Crippen MR) is 114 cm³/mol. The third-order valence-corrected chi connectivity index (χ3v) is 5.72. The number of nitrogens with zero attached hydrogens (tertiary/aromatic N) is 2. The summed E-state index contributed by atoms with van der Waals surface area (Å²) in [5.74, 6) is -3.82. The van der Waals surface area contributed by atoms with E-state index in [2.05, 4.69) is 10.3 Å². The van der Waals surface area contributed by atoms with Crippen LogP contribution in [-0.2, 0) is 14.6 Å². The number of sulfone groups is 1. The Morgan fingerprint density at radius 3 is 2.44 bits per heavy atom. The second-order valence-electron chi connectivity index (χ2n) is 7.41. The highest BCUT2D eigenvalue weighted by Gasteiger charge is 2.45. The minimum atomic E-state index is -3.71. The van der Waals surface area contributed by atoms with Gasteiger partial charge < -0.3 is 10.1 Å². The molecule has 1 aromatic carbocycles. The topological polar surface area (TPSA) is 123 Å². The number of hydrogen-bond acceptors (Lipinski definition) is 7. The first-order valence-electron chi connectivity index (χ1n) is 9.70. The highest BCUT2D eigenvalue weighted by molar-refractivity contribution is 7.90. The quantitative estimate of drug-likeness (QED) is 0.625. The average molecular weight is 463 g/mol. The molecule has 1 atom stereocenters. The lowest BCUT2D eigenvalue weighted by Crippen LogP contribution is -2.38. The van der Waals surface area contributed by atoms with E-state index in [1.54, 1.807) is 19.9 Å². The van der Waals surface area contributed by atoms with Crippen molar-refractivity contribution in [3.05, 3.63) is 52.5 Å². The van der Waals surface area contributed by atoms with Crippen molar-refractivity contribution in [1.82, 2.24) is 9.88 Å². The van der Waals surface area contributed by atoms with E-state index in [-0.39, 0.29) is 22.8 Å². The molecule has 9 nitrogen and oxygen atoms in total. The van der Waals surface area contributed by atoms with Crippen LogP contribution in [0.1, 0.15) is 51.9 Å². The zero-order valence-electron chi connectivity index (χ0n) is 17.9. The normalized spacial score (nSPS) is 14.3. The van der Waals surface area contributed by atoms with Gasteiger partial charge in [0.25, 0.3) is 11.8 Å². The van der Waals surface area contributed by atoms with Gasteiger partial charge in [0.05, 0.1) is 40.9 Å². The Kier molecular flexibility index (Phi) is 6.31. The molecule has 1 aromatic heterocycles. The second kappa shape index (κ2) is 8.65. The number of pyridine rings is 1. The third-order valence-electron chi connectivity index (χ3n) is 4.80. The van der Waals surface area contributed by atoms with E-state index in [1.165, 1.54) is 19.1 Å². The SMILES string of the molecule is CCOc1nc(C(CS(C)(=O)=O)N2C(=O)c3c(F)ccc(NC(C)=O)c3C2=O)ccc1C. The predicted octanol–water partition coefficient (Wildman–Crippen LogP) is 2.27. The first-order chi connectivity index (χ1) is 14.9. The van der Waals surface area contributed by atoms with Gasteiger partial charge in [-0.2, -0.15) is 0 Å². The number of anilines is 1. The van der Waals surface area contributed by atoms with E-state index in [4.69, 9.17) is 4.74 Å². The number of nitrogens with one attached hydrogen (secondary N) is 1. The van der Waals surface area contributed by atoms with E-state index in [0.717, 1.165) is 12.3 Å². The zero-order valence-corrected chi connectivity index (χ0v) is 18.7. The van der Waals surface area contributed by atoms with E-state index < -0.39 is 50.7 Å². The minimum Gasteiger partial charge on any atom is -0.478 e. The van der Waals surface area contributed by atoms with Crippen molar-refractivity contribution in [3.8, 4) is 5.88 Å². The molecule has 0 radical (unpaired) electrons. The fourth-order valence-electron chi connectivity index (χ4n) is 3.49. The summed E-state index contributed by atoms with van der Waals surface area (Å²) in [5, 5.41) is 2.40. The summed E-state index contributed by atoms with van der Waals surface area (Å²) in [6.07, 6.45) is 0.957. The fourth-order valence-corrected chi connectivity index (χ4v) is 4.38. The first-order valence-corrected chi connectivity index (χ1v) is 11.8. The van der Waals surface area contributed by atoms with Crippen LogP contribution in [0.5, 0.6) is 5.88 Å². The molecule has 2 heterocycles. The molecule has 170 valence electrons. The fraction of sp³-hybridized carbons (Fsp3) is 0.333. The van der Waals surface area contributed by atoms with Crippen LogP contribution >= 0.6 is 0 Å². The maximum absolute atomic E-state index is 14.6. The van der Waals surface area contributed by atoms with Gasteiger partial charge in [-0.05, 0) is 32.0 Å². The van der Waals surface area contributed by atoms with Crippen molar-refractivity contribution in [2.45, 2.75) is 26.8 Å². The largest absolute Gasteiger partial charge is 0.478 e. The van der Waals surface area contributed by atoms with Crippen LogP contribution in [0.2, 0.25) is 0 Å². The van der Waals surface area contributed by atoms with Gasteiger partial charge in [0.2, 0.25) is 11.8 Å². The molecule has 0 aliphatic carbocycles. The molecule has 1 aliphatic rings. The Morgan fingerprint density at radius 2 is 1.84 bits per heavy atom. The summed E-state index contributed by atoms with van der Waals surface area (Å²) in [5.41, 5.74) is -0.131. The Labute approximate surface area is 184 Å². The molecule has 0 spiro atoms. The molecule has 3 amide bonds. The molecule has 11 heteroatoms. The standard InChI is InChI=1S/C21H22FN3O6S/c1-5-31-19-11(2)6-8-14(24-19)16(10-32(4,29)30)25-20(27)17-13(22)7-9-15(23-12(3)26)18(17)21(25)28/h6-9,16H,5,10H2,1-4H3,(H,23,26). The number of ether oxygens (including phenoxy) is 1. The Hall–Kier alpha value is -3.34. The molecule has 0 fully saturated rings. The van der Waals surface area contributed by atoms with Crippen molar-refractivity contribution in [3.63, 3.8) is 0 Å². The monoisotopic (exact) mass is 463 g/mol. The highest BCUT2D eigenvalue weighted by Crippen LogP contribution is 2.37. The van der Waals surface area contributed by atoms with Gasteiger partial charge in [-0.1, -0.05) is 6.07 Å². The van der Waals surface area contributed by atoms with Crippen LogP contribution in [0, 0.1) is 12.7 Å². The summed E-state index contributed by atoms with van der Waals surface area (Å²) < 4.78 is 44.4. The zero-order chi connectivity index (χ0) is 23.8. The van der Waals surface area contributed by atoms with E-state index >= 15 is 0 Å². The average Bonchev–Trinajstić information content (AvgIpc) is 2.95. The lowest BCUT2D eigenvalue weighted by Gasteiger charge is -2.25. The highest BCUT2D eigenvalue weighted by atomic mass is 32.2. The van der Waals surface area contributed by atoms with Gasteiger partial charge in [-0.3, -0.25) is 19.3 Å². The maximum atomic E-state index is 14.6. The molecule has 2 aromatic rings. The Bertz CT molecular complexity index is 1230. The van der Waals surface area contributed by atoms with Gasteiger partial charge in [0, 0.05) is 18.7 Å². The smallest absolute Gasteiger partial charge is 0.265 e. The van der Waals surface area contributed by atoms with Crippen LogP contribution in [0.3, 0.4) is 0 Å². The molecule has 3 rings (SSSR count). The molecular weight excluding hydrogens is 441 g/mol. The van der Waals surface area contributed by atoms with Crippen molar-refractivity contribution in [2.75, 3.05) is 23.9 Å². The molecule has 1 unspecified atom stereocenters. The number of carbonyl (C=O) groups is 3. The number of imide groups is 1. The summed E-state index contributed by atoms with van der Waals surface area (Å²) in [4.78, 5) is 42.9. The van der Waals surface area contributed by atoms with Crippen LogP contribution in [0.15, 0.2) is 24.3 Å². The van der Waals surface area contributed by atoms with Crippen molar-refractivity contribution in [1.29, 1.82) is 0 Å². The summed E-state index contributed by atoms with van der Waals surface area (Å²) in [7, 11) is -3.71. The second-order valence-corrected chi connectivity index (χ2v) is 9.59. The van der Waals surface area contributed by atoms with E-state index in [1.807, 2.05) is 0 Å². The number of rotatable bonds is 7. The van der Waals surface area contributed by atoms with Gasteiger partial charge in [-0.25, -0.2) is 17.8 Å². The van der Waals surface area contributed by atoms with Crippen LogP contribution in [0.4, 0.5) is 10.1 Å². The van der Waals surface area contributed by atoms with E-state index in [0.29, 0.717) is 17.1 Å². The number of hydrogen-bond donors (Lipinski definition) is 1. The van der Waals surface area contributed by atoms with Crippen LogP contribution in [0.25, 0.3) is 0 Å². The van der Waals surface area contributed by atoms with Gasteiger partial charge >= 0.3 is 0 Å². The molecule has 1 aliphatic heterocycles. The number of aryl methyl sites for hydroxylation is 1. The summed E-state index contributed by atoms with van der Waals surface area (Å²) in [6, 6.07) is 3.92. The van der Waals surface area contributed by atoms with E-state index in [9.17, 15) is 27.2 Å². The molecular formula is C21H22FN3O6S. The number of amides is 3. The number of fused-ring (bicyclic) bond motifs is 1. The Balaban J connectivity index is 2.17. The number of benzene rings is 1. The first kappa shape index (κ1) is 23.3. The van der Waals surface area contributed by atoms with Crippen molar-refractivity contribution >= 4 is 33.2 Å². The van der Waals surface area contributed by atoms with Gasteiger partial charge in [0.1, 0.15) is 15.7 Å². The lowest BCUT2D eigenvalue weighted by molar-refractivity contribution is -0.114. The number of carbonyl (C=O) groups excluding carboxylic acids is 3. The van der Waals surface area contributed by atoms with Gasteiger partial charge in [0.15, 0.2) is 0 Å². The molecule has 0 saturated carbocycles. The minimum absolute atomic E-state index is 0.0419. The number of halogens is 1. The van der Waals surface area contributed by atoms with Gasteiger partial charge in [-0.15, -0.1) is 0 Å². The van der Waals surface area contributed by atoms with Crippen LogP contribution < -0.4 is 10.1 Å². The maximum Gasteiger partial charge on any atom is 0.265 e. The Morgan fingerprint density at radius 1 is 1.19 bits per heavy atom. The molecule has 1 N–H and O–H groups in total. The molecule has 0 saturated heterocycles. The number of aromatic nitrogens is 1. The summed E-state index contributed by atoms with van der Waals surface area (Å²) >= 11 is 0. The summed E-state index contributed by atoms with van der Waals surface area (Å²) in [6.45, 7) is 4.99. The lowest BCUT2D eigenvalue weighted by atomic mass is 10.1. The van der Waals surface area contributed by atoms with Crippen LogP contribution in [-0.4, -0.2) is 54.6 Å². The van der Waals surface area contributed by atoms with Crippen molar-refractivity contribution < 1.29 is 31.9 Å². The molecule has 0 bridgehead atoms. The van der Waals surface area contributed by atoms with Crippen molar-refractivity contribution in [2.24, 2.45) is 0 Å². The molecule has 32 heavy (non-hydrogen) atoms. The third kappa shape index (κ3) is 4.47.